The zero-order valence-corrected chi connectivity index (χ0v) is 19.0. The number of likely N-dealkylation sites (N-methyl/N-ethyl adjacent to an activating group) is 1. The van der Waals surface area contributed by atoms with Crippen LogP contribution in [0.15, 0.2) is 54.2 Å². The van der Waals surface area contributed by atoms with Crippen LogP contribution in [0.3, 0.4) is 0 Å². The average molecular weight is 438 g/mol. The molecule has 2 aromatic carbocycles. The topological polar surface area (TPSA) is 43.9 Å². The van der Waals surface area contributed by atoms with E-state index in [1.165, 1.54) is 4.90 Å². The summed E-state index contributed by atoms with van der Waals surface area (Å²) in [5, 5.41) is 0.629. The van der Waals surface area contributed by atoms with Gasteiger partial charge in [0.15, 0.2) is 0 Å². The van der Waals surface area contributed by atoms with Crippen LogP contribution in [0.25, 0.3) is 5.57 Å². The van der Waals surface area contributed by atoms with Gasteiger partial charge in [-0.25, -0.2) is 0 Å². The van der Waals surface area contributed by atoms with Crippen molar-refractivity contribution in [1.29, 1.82) is 0 Å². The van der Waals surface area contributed by atoms with Crippen molar-refractivity contribution in [3.05, 3.63) is 75.9 Å². The van der Waals surface area contributed by atoms with E-state index < -0.39 is 0 Å². The zero-order chi connectivity index (χ0) is 22.1. The molecule has 1 saturated heterocycles. The van der Waals surface area contributed by atoms with Crippen molar-refractivity contribution < 1.29 is 9.59 Å². The first-order valence-corrected chi connectivity index (χ1v) is 11.1. The quantitative estimate of drug-likeness (QED) is 0.664. The van der Waals surface area contributed by atoms with E-state index in [2.05, 4.69) is 11.9 Å². The monoisotopic (exact) mass is 437 g/mol. The molecule has 0 unspecified atom stereocenters. The maximum absolute atomic E-state index is 13.6. The van der Waals surface area contributed by atoms with E-state index in [0.717, 1.165) is 42.6 Å². The zero-order valence-electron chi connectivity index (χ0n) is 18.3. The molecule has 0 saturated carbocycles. The number of benzene rings is 2. The molecule has 4 rings (SSSR count). The van der Waals surface area contributed by atoms with Crippen LogP contribution in [-0.4, -0.2) is 59.7 Å². The van der Waals surface area contributed by atoms with Gasteiger partial charge in [-0.15, -0.1) is 0 Å². The molecule has 0 N–H and O–H groups in total. The van der Waals surface area contributed by atoms with Gasteiger partial charge in [0.05, 0.1) is 12.1 Å². The van der Waals surface area contributed by atoms with Crippen molar-refractivity contribution in [2.24, 2.45) is 0 Å². The molecule has 0 atom stereocenters. The lowest BCUT2D eigenvalue weighted by atomic mass is 9.99. The van der Waals surface area contributed by atoms with Crippen molar-refractivity contribution in [3.63, 3.8) is 0 Å². The lowest BCUT2D eigenvalue weighted by Crippen LogP contribution is -2.43. The van der Waals surface area contributed by atoms with E-state index in [9.17, 15) is 9.59 Å². The lowest BCUT2D eigenvalue weighted by Gasteiger charge is -2.36. The second-order valence-electron chi connectivity index (χ2n) is 8.56. The van der Waals surface area contributed by atoms with Gasteiger partial charge in [0, 0.05) is 18.1 Å². The summed E-state index contributed by atoms with van der Waals surface area (Å²) in [4.78, 5) is 32.8. The minimum Gasteiger partial charge on any atom is -0.366 e. The summed E-state index contributed by atoms with van der Waals surface area (Å²) < 4.78 is 0. The first-order chi connectivity index (χ1) is 14.8. The second kappa shape index (κ2) is 8.85. The summed E-state index contributed by atoms with van der Waals surface area (Å²) in [6, 6.07) is 15.3. The third-order valence-corrected chi connectivity index (χ3v) is 6.58. The Morgan fingerprint density at radius 1 is 0.968 bits per heavy atom. The number of imide groups is 1. The fraction of sp³-hybridized carbons (Fsp3) is 0.360. The predicted octanol–water partition coefficient (Wildman–Crippen LogP) is 3.95. The Kier molecular flexibility index (Phi) is 6.17. The Morgan fingerprint density at radius 3 is 2.19 bits per heavy atom. The van der Waals surface area contributed by atoms with Gasteiger partial charge >= 0.3 is 0 Å². The highest BCUT2D eigenvalue weighted by molar-refractivity contribution is 6.35. The Morgan fingerprint density at radius 2 is 1.58 bits per heavy atom. The summed E-state index contributed by atoms with van der Waals surface area (Å²) in [5.74, 6) is -0.462. The van der Waals surface area contributed by atoms with E-state index in [4.69, 9.17) is 11.6 Å². The molecule has 0 radical (unpaired) electrons. The largest absolute Gasteiger partial charge is 0.366 e. The molecule has 1 fully saturated rings. The number of likely N-dealkylation sites (tertiary alicyclic amines) is 1. The third kappa shape index (κ3) is 4.39. The maximum atomic E-state index is 13.6. The maximum Gasteiger partial charge on any atom is 0.278 e. The van der Waals surface area contributed by atoms with E-state index in [0.29, 0.717) is 16.3 Å². The smallest absolute Gasteiger partial charge is 0.278 e. The first-order valence-electron chi connectivity index (χ1n) is 10.7. The number of amides is 2. The van der Waals surface area contributed by atoms with Crippen LogP contribution in [0.5, 0.6) is 0 Å². The fourth-order valence-corrected chi connectivity index (χ4v) is 4.48. The molecule has 0 aliphatic carbocycles. The van der Waals surface area contributed by atoms with Gasteiger partial charge in [-0.1, -0.05) is 53.6 Å². The summed E-state index contributed by atoms with van der Waals surface area (Å²) >= 11 is 6.00. The van der Waals surface area contributed by atoms with Crippen molar-refractivity contribution in [1.82, 2.24) is 14.7 Å². The van der Waals surface area contributed by atoms with Gasteiger partial charge < -0.3 is 9.80 Å². The molecule has 162 valence electrons. The molecule has 2 aliphatic heterocycles. The van der Waals surface area contributed by atoms with Crippen molar-refractivity contribution in [2.75, 3.05) is 27.2 Å². The van der Waals surface area contributed by atoms with Crippen molar-refractivity contribution in [2.45, 2.75) is 32.4 Å². The molecule has 6 heteroatoms. The lowest BCUT2D eigenvalue weighted by molar-refractivity contribution is -0.138. The Hall–Kier alpha value is -2.63. The van der Waals surface area contributed by atoms with Crippen LogP contribution < -0.4 is 0 Å². The Bertz CT molecular complexity index is 1010. The SMILES string of the molecule is Cc1ccc(C2=C(N(C)C3CCN(C)CC3)C(=O)N(Cc3ccc(Cl)cc3)C2=O)cc1. The number of carbonyl (C=O) groups excluding carboxylic acids is 2. The van der Waals surface area contributed by atoms with Gasteiger partial charge in [-0.05, 0) is 63.2 Å². The normalized spacial score (nSPS) is 18.3. The van der Waals surface area contributed by atoms with E-state index >= 15 is 0 Å². The number of halogens is 1. The third-order valence-electron chi connectivity index (χ3n) is 6.33. The summed E-state index contributed by atoms with van der Waals surface area (Å²) in [6.45, 7) is 4.21. The number of piperidine rings is 1. The second-order valence-corrected chi connectivity index (χ2v) is 8.99. The molecule has 2 aliphatic rings. The van der Waals surface area contributed by atoms with Gasteiger partial charge in [-0.2, -0.15) is 0 Å². The highest BCUT2D eigenvalue weighted by Gasteiger charge is 2.42. The van der Waals surface area contributed by atoms with E-state index in [1.54, 1.807) is 12.1 Å². The highest BCUT2D eigenvalue weighted by Crippen LogP contribution is 2.34. The molecule has 31 heavy (non-hydrogen) atoms. The van der Waals surface area contributed by atoms with E-state index in [-0.39, 0.29) is 24.4 Å². The number of aryl methyl sites for hydroxylation is 1. The molecule has 0 spiro atoms. The molecule has 0 bridgehead atoms. The van der Waals surface area contributed by atoms with Gasteiger partial charge in [0.2, 0.25) is 0 Å². The molecule has 2 amide bonds. The van der Waals surface area contributed by atoms with Crippen LogP contribution in [0.2, 0.25) is 5.02 Å². The highest BCUT2D eigenvalue weighted by atomic mass is 35.5. The molecular weight excluding hydrogens is 410 g/mol. The summed E-state index contributed by atoms with van der Waals surface area (Å²) in [5.41, 5.74) is 3.79. The standard InChI is InChI=1S/C25H28ClN3O2/c1-17-4-8-19(9-5-17)22-23(28(3)21-12-14-27(2)15-13-21)25(31)29(24(22)30)16-18-6-10-20(26)11-7-18/h4-11,21H,12-16H2,1-3H3. The Balaban J connectivity index is 1.70. The molecular formula is C25H28ClN3O2. The minimum atomic E-state index is -0.237. The summed E-state index contributed by atoms with van der Waals surface area (Å²) in [7, 11) is 4.07. The minimum absolute atomic E-state index is 0.225. The first kappa shape index (κ1) is 21.6. The number of carbonyl (C=O) groups is 2. The van der Waals surface area contributed by atoms with Crippen molar-refractivity contribution >= 4 is 29.0 Å². The molecule has 0 aromatic heterocycles. The van der Waals surface area contributed by atoms with E-state index in [1.807, 2.05) is 55.3 Å². The van der Waals surface area contributed by atoms with Crippen molar-refractivity contribution in [3.8, 4) is 0 Å². The number of hydrogen-bond donors (Lipinski definition) is 0. The fourth-order valence-electron chi connectivity index (χ4n) is 4.35. The average Bonchev–Trinajstić information content (AvgIpc) is 3.00. The number of rotatable bonds is 5. The van der Waals surface area contributed by atoms with Crippen LogP contribution >= 0.6 is 11.6 Å². The summed E-state index contributed by atoms with van der Waals surface area (Å²) in [6.07, 6.45) is 1.94. The van der Waals surface area contributed by atoms with Crippen LogP contribution in [-0.2, 0) is 16.1 Å². The Labute approximate surface area is 188 Å². The molecule has 5 nitrogen and oxygen atoms in total. The van der Waals surface area contributed by atoms with Crippen LogP contribution in [0.1, 0.15) is 29.5 Å². The van der Waals surface area contributed by atoms with Gasteiger partial charge in [-0.3, -0.25) is 14.5 Å². The van der Waals surface area contributed by atoms with Gasteiger partial charge in [0.1, 0.15) is 5.70 Å². The van der Waals surface area contributed by atoms with Crippen LogP contribution in [0, 0.1) is 6.92 Å². The van der Waals surface area contributed by atoms with Gasteiger partial charge in [0.25, 0.3) is 11.8 Å². The predicted molar refractivity (Wildman–Crippen MR) is 123 cm³/mol. The number of hydrogen-bond acceptors (Lipinski definition) is 4. The molecule has 2 heterocycles. The molecule has 2 aromatic rings. The number of nitrogens with zero attached hydrogens (tertiary/aromatic N) is 3. The van der Waals surface area contributed by atoms with Crippen LogP contribution in [0.4, 0.5) is 0 Å².